The highest BCUT2D eigenvalue weighted by Crippen LogP contribution is 2.09. The highest BCUT2D eigenvalue weighted by atomic mass is 14.6. The van der Waals surface area contributed by atoms with Gasteiger partial charge in [-0.3, -0.25) is 4.99 Å². The predicted octanol–water partition coefficient (Wildman–Crippen LogP) is 4.14. The molecule has 0 aromatic rings. The predicted molar refractivity (Wildman–Crippen MR) is 63.2 cm³/mol. The molecule has 0 fully saturated rings. The molecule has 74 valence electrons. The first kappa shape index (κ1) is 14.4. The quantitative estimate of drug-likeness (QED) is 0.454. The first-order valence-electron chi connectivity index (χ1n) is 4.70. The van der Waals surface area contributed by atoms with Gasteiger partial charge < -0.3 is 0 Å². The van der Waals surface area contributed by atoms with E-state index in [9.17, 15) is 0 Å². The summed E-state index contributed by atoms with van der Waals surface area (Å²) in [5, 5.41) is 0. The van der Waals surface area contributed by atoms with Crippen LogP contribution in [0.5, 0.6) is 0 Å². The number of rotatable bonds is 4. The van der Waals surface area contributed by atoms with Crippen molar-refractivity contribution in [1.29, 1.82) is 0 Å². The van der Waals surface area contributed by atoms with Gasteiger partial charge in [0.25, 0.3) is 0 Å². The van der Waals surface area contributed by atoms with Crippen LogP contribution in [0.15, 0.2) is 41.1 Å². The highest BCUT2D eigenvalue weighted by Gasteiger charge is 1.89. The second kappa shape index (κ2) is 10.9. The van der Waals surface area contributed by atoms with Crippen LogP contribution in [0.1, 0.15) is 34.1 Å². The van der Waals surface area contributed by atoms with E-state index >= 15 is 0 Å². The SMILES string of the molecule is C=N/C=C\C(=C\CC)C(=C)C.CC. The summed E-state index contributed by atoms with van der Waals surface area (Å²) in [6, 6.07) is 0. The van der Waals surface area contributed by atoms with Crippen LogP contribution >= 0.6 is 0 Å². The zero-order valence-corrected chi connectivity index (χ0v) is 9.30. The van der Waals surface area contributed by atoms with Gasteiger partial charge in [-0.2, -0.15) is 0 Å². The Morgan fingerprint density at radius 2 is 1.92 bits per heavy atom. The minimum Gasteiger partial charge on any atom is -0.272 e. The van der Waals surface area contributed by atoms with E-state index in [0.29, 0.717) is 0 Å². The molecule has 0 aliphatic heterocycles. The van der Waals surface area contributed by atoms with Gasteiger partial charge in [0.05, 0.1) is 0 Å². The van der Waals surface area contributed by atoms with Crippen LogP contribution < -0.4 is 0 Å². The van der Waals surface area contributed by atoms with E-state index in [1.54, 1.807) is 6.20 Å². The first-order chi connectivity index (χ1) is 6.22. The van der Waals surface area contributed by atoms with Gasteiger partial charge >= 0.3 is 0 Å². The average Bonchev–Trinajstić information content (AvgIpc) is 2.15. The summed E-state index contributed by atoms with van der Waals surface area (Å²) in [5.74, 6) is 0. The standard InChI is InChI=1S/C10H15N.C2H6/c1-5-6-10(9(2)3)7-8-11-4;1-2/h6-8H,2,4-5H2,1,3H3;1-2H3/b8-7-,10-6-;. The van der Waals surface area contributed by atoms with Crippen molar-refractivity contribution < 1.29 is 0 Å². The largest absolute Gasteiger partial charge is 0.272 e. The molecular weight excluding hydrogens is 158 g/mol. The van der Waals surface area contributed by atoms with Crippen LogP contribution in [0.25, 0.3) is 0 Å². The van der Waals surface area contributed by atoms with Crippen molar-refractivity contribution in [1.82, 2.24) is 0 Å². The Bertz CT molecular complexity index is 197. The molecule has 0 aromatic carbocycles. The minimum atomic E-state index is 1.02. The van der Waals surface area contributed by atoms with E-state index in [4.69, 9.17) is 0 Å². The van der Waals surface area contributed by atoms with Crippen molar-refractivity contribution in [2.45, 2.75) is 34.1 Å². The van der Waals surface area contributed by atoms with E-state index < -0.39 is 0 Å². The number of nitrogens with zero attached hydrogens (tertiary/aromatic N) is 1. The van der Waals surface area contributed by atoms with Gasteiger partial charge in [-0.25, -0.2) is 0 Å². The monoisotopic (exact) mass is 179 g/mol. The molecule has 0 heterocycles. The van der Waals surface area contributed by atoms with Crippen molar-refractivity contribution in [2.75, 3.05) is 0 Å². The molecule has 0 atom stereocenters. The number of allylic oxidation sites excluding steroid dienone is 4. The fourth-order valence-corrected chi connectivity index (χ4v) is 0.737. The number of hydrogen-bond acceptors (Lipinski definition) is 1. The first-order valence-corrected chi connectivity index (χ1v) is 4.70. The zero-order valence-electron chi connectivity index (χ0n) is 9.30. The molecule has 0 aliphatic rings. The van der Waals surface area contributed by atoms with Crippen LogP contribution in [0.2, 0.25) is 0 Å². The number of hydrogen-bond donors (Lipinski definition) is 0. The molecule has 0 bridgehead atoms. The van der Waals surface area contributed by atoms with Crippen LogP contribution in [-0.2, 0) is 0 Å². The Balaban J connectivity index is 0. The third-order valence-corrected chi connectivity index (χ3v) is 1.28. The molecule has 0 aliphatic carbocycles. The molecule has 0 N–H and O–H groups in total. The Kier molecular flexibility index (Phi) is 12.1. The van der Waals surface area contributed by atoms with Crippen molar-refractivity contribution >= 4 is 6.72 Å². The summed E-state index contributed by atoms with van der Waals surface area (Å²) in [6.07, 6.45) is 6.72. The van der Waals surface area contributed by atoms with Gasteiger partial charge in [0, 0.05) is 6.20 Å². The second-order valence-corrected chi connectivity index (χ2v) is 2.35. The van der Waals surface area contributed by atoms with E-state index in [-0.39, 0.29) is 0 Å². The Labute approximate surface area is 82.6 Å². The van der Waals surface area contributed by atoms with E-state index in [2.05, 4.69) is 31.3 Å². The molecule has 0 saturated carbocycles. The molecule has 0 aromatic heterocycles. The second-order valence-electron chi connectivity index (χ2n) is 2.35. The van der Waals surface area contributed by atoms with Crippen molar-refractivity contribution in [2.24, 2.45) is 4.99 Å². The molecule has 13 heavy (non-hydrogen) atoms. The molecule has 0 radical (unpaired) electrons. The smallest absolute Gasteiger partial charge is 0.0266 e. The average molecular weight is 179 g/mol. The maximum absolute atomic E-state index is 3.85. The molecule has 0 saturated heterocycles. The lowest BCUT2D eigenvalue weighted by Gasteiger charge is -1.97. The lowest BCUT2D eigenvalue weighted by Crippen LogP contribution is -1.77. The maximum atomic E-state index is 3.85. The van der Waals surface area contributed by atoms with Crippen molar-refractivity contribution in [3.05, 3.63) is 36.1 Å². The lowest BCUT2D eigenvalue weighted by molar-refractivity contribution is 1.20. The molecule has 1 heteroatoms. The van der Waals surface area contributed by atoms with Gasteiger partial charge in [0.15, 0.2) is 0 Å². The summed E-state index contributed by atoms with van der Waals surface area (Å²) < 4.78 is 0. The minimum absolute atomic E-state index is 1.02. The Morgan fingerprint density at radius 1 is 1.38 bits per heavy atom. The Hall–Kier alpha value is -1.11. The van der Waals surface area contributed by atoms with E-state index in [0.717, 1.165) is 17.6 Å². The molecular formula is C12H21N. The maximum Gasteiger partial charge on any atom is 0.0266 e. The fraction of sp³-hybridized carbons (Fsp3) is 0.417. The van der Waals surface area contributed by atoms with Crippen LogP contribution in [0.3, 0.4) is 0 Å². The summed E-state index contributed by atoms with van der Waals surface area (Å²) >= 11 is 0. The molecule has 1 nitrogen and oxygen atoms in total. The van der Waals surface area contributed by atoms with Crippen LogP contribution in [0.4, 0.5) is 0 Å². The molecule has 0 unspecified atom stereocenters. The van der Waals surface area contributed by atoms with Crippen molar-refractivity contribution in [3.63, 3.8) is 0 Å². The molecule has 0 spiro atoms. The third kappa shape index (κ3) is 8.80. The summed E-state index contributed by atoms with van der Waals surface area (Å²) in [5.41, 5.74) is 2.20. The van der Waals surface area contributed by atoms with Gasteiger partial charge in [-0.1, -0.05) is 39.0 Å². The third-order valence-electron chi connectivity index (χ3n) is 1.28. The lowest BCUT2D eigenvalue weighted by atomic mass is 10.1. The van der Waals surface area contributed by atoms with Crippen molar-refractivity contribution in [3.8, 4) is 0 Å². The topological polar surface area (TPSA) is 12.4 Å². The van der Waals surface area contributed by atoms with Gasteiger partial charge in [0.1, 0.15) is 0 Å². The van der Waals surface area contributed by atoms with Gasteiger partial charge in [-0.05, 0) is 31.7 Å². The Morgan fingerprint density at radius 3 is 2.23 bits per heavy atom. The van der Waals surface area contributed by atoms with Gasteiger partial charge in [-0.15, -0.1) is 0 Å². The van der Waals surface area contributed by atoms with Crippen LogP contribution in [-0.4, -0.2) is 6.72 Å². The fourth-order valence-electron chi connectivity index (χ4n) is 0.737. The molecule has 0 rings (SSSR count). The van der Waals surface area contributed by atoms with E-state index in [1.807, 2.05) is 26.8 Å². The number of aliphatic imine (C=N–C) groups is 1. The summed E-state index contributed by atoms with van der Waals surface area (Å²) in [4.78, 5) is 3.63. The highest BCUT2D eigenvalue weighted by molar-refractivity contribution is 5.37. The van der Waals surface area contributed by atoms with Crippen LogP contribution in [0, 0.1) is 0 Å². The zero-order chi connectivity index (χ0) is 10.7. The summed E-state index contributed by atoms with van der Waals surface area (Å²) in [7, 11) is 0. The van der Waals surface area contributed by atoms with Gasteiger partial charge in [0.2, 0.25) is 0 Å². The molecule has 0 amide bonds. The summed E-state index contributed by atoms with van der Waals surface area (Å²) in [6.45, 7) is 15.3. The normalized spacial score (nSPS) is 10.6. The van der Waals surface area contributed by atoms with E-state index in [1.165, 1.54) is 0 Å².